The first-order chi connectivity index (χ1) is 20.3. The van der Waals surface area contributed by atoms with Crippen LogP contribution in [0.1, 0.15) is 52.2 Å². The van der Waals surface area contributed by atoms with Gasteiger partial charge in [-0.15, -0.1) is 0 Å². The minimum Gasteiger partial charge on any atom is -0.478 e. The largest absolute Gasteiger partial charge is 0.478 e. The van der Waals surface area contributed by atoms with E-state index in [2.05, 4.69) is 41.0 Å². The molecule has 42 heavy (non-hydrogen) atoms. The predicted octanol–water partition coefficient (Wildman–Crippen LogP) is 7.47. The van der Waals surface area contributed by atoms with Crippen LogP contribution in [0.3, 0.4) is 0 Å². The number of carboxylic acids is 1. The van der Waals surface area contributed by atoms with Crippen LogP contribution in [0.4, 0.5) is 0 Å². The molecule has 1 heterocycles. The first-order valence-corrected chi connectivity index (χ1v) is 14.1. The molecule has 0 spiro atoms. The minimum absolute atomic E-state index is 0.212. The molecule has 5 nitrogen and oxygen atoms in total. The first kappa shape index (κ1) is 27.2. The average molecular weight is 553 g/mol. The molecule has 0 saturated heterocycles. The van der Waals surface area contributed by atoms with Gasteiger partial charge in [-0.05, 0) is 57.1 Å². The van der Waals surface area contributed by atoms with E-state index in [1.54, 1.807) is 18.2 Å². The van der Waals surface area contributed by atoms with Crippen molar-refractivity contribution >= 4 is 16.7 Å². The molecule has 0 saturated carbocycles. The second kappa shape index (κ2) is 10.8. The lowest BCUT2D eigenvalue weighted by Gasteiger charge is -2.37. The molecule has 1 unspecified atom stereocenters. The van der Waals surface area contributed by atoms with Crippen molar-refractivity contribution in [2.75, 3.05) is 0 Å². The highest BCUT2D eigenvalue weighted by atomic mass is 16.4. The maximum atomic E-state index is 12.5. The second-order valence-electron chi connectivity index (χ2n) is 11.0. The average Bonchev–Trinajstić information content (AvgIpc) is 3.53. The molecule has 0 aliphatic rings. The number of aromatic nitrogens is 2. The first-order valence-electron chi connectivity index (χ1n) is 14.1. The van der Waals surface area contributed by atoms with Crippen molar-refractivity contribution in [2.45, 2.75) is 25.0 Å². The summed E-state index contributed by atoms with van der Waals surface area (Å²) in [6.45, 7) is 3.96. The Morgan fingerprint density at radius 1 is 0.690 bits per heavy atom. The Balaban J connectivity index is 1.57. The summed E-state index contributed by atoms with van der Waals surface area (Å²) in [7, 11) is 0. The van der Waals surface area contributed by atoms with Gasteiger partial charge in [-0.1, -0.05) is 123 Å². The number of carbonyl (C=O) groups is 1. The van der Waals surface area contributed by atoms with E-state index in [0.717, 1.165) is 27.5 Å². The van der Waals surface area contributed by atoms with Crippen molar-refractivity contribution in [3.05, 3.63) is 173 Å². The van der Waals surface area contributed by atoms with Gasteiger partial charge in [0.05, 0.1) is 17.6 Å². The van der Waals surface area contributed by atoms with E-state index >= 15 is 0 Å². The summed E-state index contributed by atoms with van der Waals surface area (Å²) in [6, 6.07) is 41.8. The number of hydrogen-bond donors (Lipinski definition) is 2. The zero-order valence-corrected chi connectivity index (χ0v) is 23.6. The van der Waals surface area contributed by atoms with Gasteiger partial charge in [0.15, 0.2) is 0 Å². The van der Waals surface area contributed by atoms with Crippen molar-refractivity contribution in [3.8, 4) is 0 Å². The Bertz CT molecular complexity index is 1750. The van der Waals surface area contributed by atoms with Crippen LogP contribution in [0.15, 0.2) is 140 Å². The summed E-state index contributed by atoms with van der Waals surface area (Å²) in [5.74, 6) is -1.18. The van der Waals surface area contributed by atoms with Crippen molar-refractivity contribution < 1.29 is 15.0 Å². The van der Waals surface area contributed by atoms with Gasteiger partial charge in [0.1, 0.15) is 11.1 Å². The molecular formula is C37H32N2O3. The van der Waals surface area contributed by atoms with Gasteiger partial charge in [-0.3, -0.25) is 0 Å². The SMILES string of the molecule is CC(C)C(O)(c1ccc2cc(C(=O)O)ccc2c1)c1cn(C(c2ccccc2)(c2ccccc2)c2ccccc2)cn1. The Hall–Kier alpha value is -5.00. The van der Waals surface area contributed by atoms with Crippen LogP contribution < -0.4 is 0 Å². The van der Waals surface area contributed by atoms with E-state index in [1.165, 1.54) is 0 Å². The molecule has 2 N–H and O–H groups in total. The number of fused-ring (bicyclic) bond motifs is 1. The number of carboxylic acid groups (broad SMARTS) is 1. The van der Waals surface area contributed by atoms with Crippen LogP contribution in [-0.2, 0) is 11.1 Å². The molecule has 1 aromatic heterocycles. The van der Waals surface area contributed by atoms with Crippen LogP contribution in [0.2, 0.25) is 0 Å². The monoisotopic (exact) mass is 552 g/mol. The third kappa shape index (κ3) is 4.39. The van der Waals surface area contributed by atoms with Crippen molar-refractivity contribution in [1.29, 1.82) is 0 Å². The molecule has 6 rings (SSSR count). The molecule has 6 aromatic rings. The van der Waals surface area contributed by atoms with E-state index in [0.29, 0.717) is 11.3 Å². The Labute approximate surface area is 245 Å². The van der Waals surface area contributed by atoms with Gasteiger partial charge in [0.2, 0.25) is 0 Å². The Morgan fingerprint density at radius 3 is 1.69 bits per heavy atom. The molecule has 0 fully saturated rings. The lowest BCUT2D eigenvalue weighted by molar-refractivity contribution is 0.0279. The summed E-state index contributed by atoms with van der Waals surface area (Å²) >= 11 is 0. The summed E-state index contributed by atoms with van der Waals surface area (Å²) in [4.78, 5) is 16.4. The van der Waals surface area contributed by atoms with Gasteiger partial charge in [0.25, 0.3) is 0 Å². The van der Waals surface area contributed by atoms with Gasteiger partial charge >= 0.3 is 5.97 Å². The van der Waals surface area contributed by atoms with Crippen molar-refractivity contribution in [1.82, 2.24) is 9.55 Å². The molecule has 1 atom stereocenters. The highest BCUT2D eigenvalue weighted by Gasteiger charge is 2.42. The second-order valence-corrected chi connectivity index (χ2v) is 11.0. The van der Waals surface area contributed by atoms with Crippen LogP contribution >= 0.6 is 0 Å². The number of aromatic carboxylic acids is 1. The van der Waals surface area contributed by atoms with Crippen LogP contribution in [0.25, 0.3) is 10.8 Å². The Kier molecular flexibility index (Phi) is 6.97. The van der Waals surface area contributed by atoms with E-state index in [1.807, 2.05) is 99.2 Å². The van der Waals surface area contributed by atoms with Gasteiger partial charge in [-0.2, -0.15) is 0 Å². The third-order valence-corrected chi connectivity index (χ3v) is 8.30. The van der Waals surface area contributed by atoms with E-state index < -0.39 is 17.1 Å². The molecule has 0 aliphatic carbocycles. The van der Waals surface area contributed by atoms with Crippen LogP contribution in [0, 0.1) is 5.92 Å². The lowest BCUT2D eigenvalue weighted by Crippen LogP contribution is -2.37. The van der Waals surface area contributed by atoms with Gasteiger partial charge in [-0.25, -0.2) is 9.78 Å². The maximum absolute atomic E-state index is 12.5. The molecule has 0 bridgehead atoms. The fourth-order valence-electron chi connectivity index (χ4n) is 6.08. The number of benzene rings is 5. The summed E-state index contributed by atoms with van der Waals surface area (Å²) < 4.78 is 2.11. The lowest BCUT2D eigenvalue weighted by atomic mass is 9.76. The third-order valence-electron chi connectivity index (χ3n) is 8.30. The number of hydrogen-bond acceptors (Lipinski definition) is 3. The fourth-order valence-corrected chi connectivity index (χ4v) is 6.08. The summed E-state index contributed by atoms with van der Waals surface area (Å²) in [6.07, 6.45) is 3.78. The zero-order chi connectivity index (χ0) is 29.3. The Morgan fingerprint density at radius 2 is 1.19 bits per heavy atom. The highest BCUT2D eigenvalue weighted by molar-refractivity contribution is 5.94. The standard InChI is InChI=1S/C37H32N2O3/c1-26(2)37(42,33-21-20-27-22-29(35(40)41)19-18-28(27)23-33)34-24-39(25-38-34)36(30-12-6-3-7-13-30,31-14-8-4-9-15-31)32-16-10-5-11-17-32/h3-26,42H,1-2H3,(H,40,41). The molecule has 0 aliphatic heterocycles. The minimum atomic E-state index is -1.40. The number of rotatable bonds is 8. The van der Waals surface area contributed by atoms with E-state index in [9.17, 15) is 15.0 Å². The topological polar surface area (TPSA) is 75.3 Å². The zero-order valence-electron chi connectivity index (χ0n) is 23.6. The maximum Gasteiger partial charge on any atom is 0.335 e. The summed E-state index contributed by atoms with van der Waals surface area (Å²) in [5, 5.41) is 23.5. The molecular weight excluding hydrogens is 520 g/mol. The molecule has 208 valence electrons. The van der Waals surface area contributed by atoms with E-state index in [4.69, 9.17) is 4.98 Å². The number of imidazole rings is 1. The van der Waals surface area contributed by atoms with Gasteiger partial charge in [0, 0.05) is 6.20 Å². The normalized spacial score (nSPS) is 13.2. The quantitative estimate of drug-likeness (QED) is 0.192. The van der Waals surface area contributed by atoms with Crippen molar-refractivity contribution in [2.24, 2.45) is 5.92 Å². The van der Waals surface area contributed by atoms with Crippen molar-refractivity contribution in [3.63, 3.8) is 0 Å². The smallest absolute Gasteiger partial charge is 0.335 e. The summed E-state index contributed by atoms with van der Waals surface area (Å²) in [5.41, 5.74) is 2.52. The van der Waals surface area contributed by atoms with Crippen LogP contribution in [0.5, 0.6) is 0 Å². The molecule has 0 amide bonds. The predicted molar refractivity (Wildman–Crippen MR) is 166 cm³/mol. The van der Waals surface area contributed by atoms with Gasteiger partial charge < -0.3 is 14.8 Å². The molecule has 0 radical (unpaired) electrons. The highest BCUT2D eigenvalue weighted by Crippen LogP contribution is 2.43. The van der Waals surface area contributed by atoms with E-state index in [-0.39, 0.29) is 11.5 Å². The van der Waals surface area contributed by atoms with Crippen LogP contribution in [-0.4, -0.2) is 25.7 Å². The number of aliphatic hydroxyl groups is 1. The number of nitrogens with zero attached hydrogens (tertiary/aromatic N) is 2. The molecule has 5 heteroatoms. The fraction of sp³-hybridized carbons (Fsp3) is 0.135. The molecule has 5 aromatic carbocycles.